The second-order valence-corrected chi connectivity index (χ2v) is 6.55. The maximum absolute atomic E-state index is 12.8. The third-order valence-corrected chi connectivity index (χ3v) is 4.59. The summed E-state index contributed by atoms with van der Waals surface area (Å²) in [6.07, 6.45) is 0. The van der Waals surface area contributed by atoms with Crippen molar-refractivity contribution < 1.29 is 9.59 Å². The molecular formula is C22H23N3O2. The molecule has 5 nitrogen and oxygen atoms in total. The first-order valence-electron chi connectivity index (χ1n) is 8.88. The normalized spacial score (nSPS) is 11.8. The first kappa shape index (κ1) is 18.6. The lowest BCUT2D eigenvalue weighted by Crippen LogP contribution is -2.28. The second kappa shape index (κ2) is 8.01. The highest BCUT2D eigenvalue weighted by molar-refractivity contribution is 5.99. The number of amides is 2. The van der Waals surface area contributed by atoms with Crippen molar-refractivity contribution in [1.29, 1.82) is 0 Å². The van der Waals surface area contributed by atoms with Crippen LogP contribution in [0.1, 0.15) is 34.5 Å². The monoisotopic (exact) mass is 361 g/mol. The first-order valence-corrected chi connectivity index (χ1v) is 8.88. The van der Waals surface area contributed by atoms with Gasteiger partial charge in [0.25, 0.3) is 5.91 Å². The van der Waals surface area contributed by atoms with Crippen LogP contribution in [-0.2, 0) is 4.79 Å². The van der Waals surface area contributed by atoms with E-state index in [0.717, 1.165) is 21.9 Å². The van der Waals surface area contributed by atoms with E-state index < -0.39 is 0 Å². The Hall–Kier alpha value is -3.18. The van der Waals surface area contributed by atoms with Crippen LogP contribution in [0.2, 0.25) is 0 Å². The molecule has 0 heterocycles. The molecule has 3 aromatic carbocycles. The number of anilines is 1. The molecule has 0 saturated carbocycles. The van der Waals surface area contributed by atoms with Crippen molar-refractivity contribution in [2.45, 2.75) is 19.9 Å². The number of hydrogen-bond acceptors (Lipinski definition) is 3. The summed E-state index contributed by atoms with van der Waals surface area (Å²) in [7, 11) is 0. The van der Waals surface area contributed by atoms with Gasteiger partial charge in [-0.2, -0.15) is 0 Å². The van der Waals surface area contributed by atoms with Crippen molar-refractivity contribution >= 4 is 28.3 Å². The van der Waals surface area contributed by atoms with Crippen LogP contribution >= 0.6 is 0 Å². The van der Waals surface area contributed by atoms with Crippen molar-refractivity contribution in [2.75, 3.05) is 11.9 Å². The van der Waals surface area contributed by atoms with Crippen LogP contribution in [0.15, 0.2) is 60.7 Å². The molecule has 5 heteroatoms. The van der Waals surface area contributed by atoms with Gasteiger partial charge in [-0.25, -0.2) is 0 Å². The second-order valence-electron chi connectivity index (χ2n) is 6.55. The smallest absolute Gasteiger partial charge is 0.252 e. The molecule has 3 aromatic rings. The number of rotatable bonds is 5. The number of aryl methyl sites for hydroxylation is 1. The Morgan fingerprint density at radius 3 is 2.56 bits per heavy atom. The zero-order valence-electron chi connectivity index (χ0n) is 15.5. The van der Waals surface area contributed by atoms with Crippen LogP contribution in [0.3, 0.4) is 0 Å². The van der Waals surface area contributed by atoms with Crippen molar-refractivity contribution in [3.05, 3.63) is 77.4 Å². The molecule has 0 aliphatic rings. The van der Waals surface area contributed by atoms with Crippen LogP contribution in [-0.4, -0.2) is 18.4 Å². The lowest BCUT2D eigenvalue weighted by Gasteiger charge is -2.18. The van der Waals surface area contributed by atoms with Gasteiger partial charge in [0.15, 0.2) is 0 Å². The van der Waals surface area contributed by atoms with Gasteiger partial charge in [-0.3, -0.25) is 9.59 Å². The van der Waals surface area contributed by atoms with Crippen molar-refractivity contribution in [1.82, 2.24) is 5.32 Å². The molecule has 4 N–H and O–H groups in total. The predicted octanol–water partition coefficient (Wildman–Crippen LogP) is 3.54. The molecule has 0 aliphatic carbocycles. The minimum atomic E-state index is -0.297. The van der Waals surface area contributed by atoms with E-state index in [2.05, 4.69) is 28.8 Å². The Kier molecular flexibility index (Phi) is 5.52. The first-order chi connectivity index (χ1) is 13.0. The van der Waals surface area contributed by atoms with Crippen LogP contribution in [0.4, 0.5) is 5.69 Å². The van der Waals surface area contributed by atoms with Crippen molar-refractivity contribution in [2.24, 2.45) is 5.73 Å². The third-order valence-electron chi connectivity index (χ3n) is 4.59. The summed E-state index contributed by atoms with van der Waals surface area (Å²) in [5.41, 5.74) is 8.31. The molecule has 0 spiro atoms. The highest BCUT2D eigenvalue weighted by atomic mass is 16.2. The van der Waals surface area contributed by atoms with Gasteiger partial charge in [0.05, 0.1) is 12.6 Å². The van der Waals surface area contributed by atoms with Gasteiger partial charge in [-0.05, 0) is 47.9 Å². The quantitative estimate of drug-likeness (QED) is 0.650. The van der Waals surface area contributed by atoms with Gasteiger partial charge >= 0.3 is 0 Å². The predicted molar refractivity (Wildman–Crippen MR) is 109 cm³/mol. The zero-order valence-corrected chi connectivity index (χ0v) is 15.5. The molecule has 27 heavy (non-hydrogen) atoms. The molecule has 138 valence electrons. The molecule has 0 aliphatic heterocycles. The number of fused-ring (bicyclic) bond motifs is 1. The van der Waals surface area contributed by atoms with E-state index in [1.165, 1.54) is 0 Å². The molecule has 0 saturated heterocycles. The Morgan fingerprint density at radius 1 is 1.04 bits per heavy atom. The van der Waals surface area contributed by atoms with E-state index in [1.54, 1.807) is 12.1 Å². The summed E-state index contributed by atoms with van der Waals surface area (Å²) in [6.45, 7) is 3.73. The summed E-state index contributed by atoms with van der Waals surface area (Å²) < 4.78 is 0. The molecule has 0 bridgehead atoms. The zero-order chi connectivity index (χ0) is 19.4. The SMILES string of the molecule is Cc1ccc(NC(=O)CN)cc1C(=O)N[C@@H](C)c1cccc2ccccc12. The summed E-state index contributed by atoms with van der Waals surface area (Å²) in [6, 6.07) is 19.3. The van der Waals surface area contributed by atoms with Crippen LogP contribution < -0.4 is 16.4 Å². The van der Waals surface area contributed by atoms with Gasteiger partial charge in [-0.15, -0.1) is 0 Å². The van der Waals surface area contributed by atoms with Gasteiger partial charge in [0, 0.05) is 11.3 Å². The number of carbonyl (C=O) groups is 2. The Morgan fingerprint density at radius 2 is 1.78 bits per heavy atom. The lowest BCUT2D eigenvalue weighted by molar-refractivity contribution is -0.114. The number of benzene rings is 3. The van der Waals surface area contributed by atoms with Crippen LogP contribution in [0, 0.1) is 6.92 Å². The molecule has 1 atom stereocenters. The fraction of sp³-hybridized carbons (Fsp3) is 0.182. The van der Waals surface area contributed by atoms with Gasteiger partial charge in [0.2, 0.25) is 5.91 Å². The van der Waals surface area contributed by atoms with Crippen LogP contribution in [0.25, 0.3) is 10.8 Å². The summed E-state index contributed by atoms with van der Waals surface area (Å²) in [5.74, 6) is -0.480. The highest BCUT2D eigenvalue weighted by Crippen LogP contribution is 2.25. The average molecular weight is 361 g/mol. The Balaban J connectivity index is 1.84. The maximum atomic E-state index is 12.8. The largest absolute Gasteiger partial charge is 0.345 e. The fourth-order valence-corrected chi connectivity index (χ4v) is 3.14. The molecule has 3 rings (SSSR count). The third kappa shape index (κ3) is 4.15. The Labute approximate surface area is 158 Å². The topological polar surface area (TPSA) is 84.2 Å². The van der Waals surface area contributed by atoms with E-state index in [1.807, 2.05) is 44.2 Å². The minimum absolute atomic E-state index is 0.104. The van der Waals surface area contributed by atoms with E-state index in [-0.39, 0.29) is 24.4 Å². The summed E-state index contributed by atoms with van der Waals surface area (Å²) in [4.78, 5) is 24.3. The van der Waals surface area contributed by atoms with Gasteiger partial charge < -0.3 is 16.4 Å². The van der Waals surface area contributed by atoms with E-state index >= 15 is 0 Å². The van der Waals surface area contributed by atoms with Gasteiger partial charge in [0.1, 0.15) is 0 Å². The number of nitrogens with one attached hydrogen (secondary N) is 2. The molecule has 0 unspecified atom stereocenters. The minimum Gasteiger partial charge on any atom is -0.345 e. The Bertz CT molecular complexity index is 993. The van der Waals surface area contributed by atoms with Gasteiger partial charge in [-0.1, -0.05) is 48.5 Å². The number of hydrogen-bond donors (Lipinski definition) is 3. The molecule has 0 fully saturated rings. The van der Waals surface area contributed by atoms with Crippen molar-refractivity contribution in [3.8, 4) is 0 Å². The lowest BCUT2D eigenvalue weighted by atomic mass is 9.99. The molecule has 0 radical (unpaired) electrons. The molecule has 2 amide bonds. The van der Waals surface area contributed by atoms with E-state index in [9.17, 15) is 9.59 Å². The molecular weight excluding hydrogens is 338 g/mol. The van der Waals surface area contributed by atoms with E-state index in [4.69, 9.17) is 5.73 Å². The standard InChI is InChI=1S/C22H23N3O2/c1-14-10-11-17(25-21(26)13-23)12-20(14)22(27)24-15(2)18-9-5-7-16-6-3-4-8-19(16)18/h3-12,15H,13,23H2,1-2H3,(H,24,27)(H,25,26)/t15-/m0/s1. The average Bonchev–Trinajstić information content (AvgIpc) is 2.68. The number of nitrogens with two attached hydrogens (primary N) is 1. The molecule has 0 aromatic heterocycles. The van der Waals surface area contributed by atoms with E-state index in [0.29, 0.717) is 11.3 Å². The van der Waals surface area contributed by atoms with Crippen molar-refractivity contribution in [3.63, 3.8) is 0 Å². The fourth-order valence-electron chi connectivity index (χ4n) is 3.14. The maximum Gasteiger partial charge on any atom is 0.252 e. The number of carbonyl (C=O) groups excluding carboxylic acids is 2. The van der Waals surface area contributed by atoms with Crippen LogP contribution in [0.5, 0.6) is 0 Å². The highest BCUT2D eigenvalue weighted by Gasteiger charge is 2.16. The summed E-state index contributed by atoms with van der Waals surface area (Å²) in [5, 5.41) is 8.00. The summed E-state index contributed by atoms with van der Waals surface area (Å²) >= 11 is 0.